The lowest BCUT2D eigenvalue weighted by Crippen LogP contribution is -2.33. The molecule has 1 aromatic carbocycles. The third-order valence-corrected chi connectivity index (χ3v) is 8.71. The zero-order valence-corrected chi connectivity index (χ0v) is 27.4. The highest BCUT2D eigenvalue weighted by atomic mass is 35.5. The molecule has 1 aliphatic carbocycles. The summed E-state index contributed by atoms with van der Waals surface area (Å²) in [6, 6.07) is 10.1. The van der Waals surface area contributed by atoms with E-state index < -0.39 is 0 Å². The summed E-state index contributed by atoms with van der Waals surface area (Å²) in [5.74, 6) is 0.782. The molecule has 1 aromatic heterocycles. The molecule has 2 aromatic rings. The average molecular weight is 600 g/mol. The van der Waals surface area contributed by atoms with Crippen LogP contribution in [-0.2, 0) is 22.4 Å². The number of nitrogens with zero attached hydrogens (tertiary/aromatic N) is 1. The Morgan fingerprint density at radius 3 is 2.56 bits per heavy atom. The number of amides is 1. The molecule has 1 saturated carbocycles. The second-order valence-corrected chi connectivity index (χ2v) is 12.3. The van der Waals surface area contributed by atoms with Crippen LogP contribution >= 0.6 is 22.9 Å². The first-order valence-corrected chi connectivity index (χ1v) is 16.6. The van der Waals surface area contributed by atoms with E-state index >= 15 is 0 Å². The molecule has 0 aliphatic heterocycles. The predicted molar refractivity (Wildman–Crippen MR) is 175 cm³/mol. The lowest BCUT2D eigenvalue weighted by atomic mass is 9.88. The van der Waals surface area contributed by atoms with Gasteiger partial charge in [-0.15, -0.1) is 11.3 Å². The SMILES string of the molecule is C=C1CCC(C=CCc2cc(C)cc(Cl)c2)[C@H]1CCCc1ccc(C(=O)OCCC(=O)N(CCC)CCC)s1.CC. The standard InChI is InChI=1S/C33H44ClNO3S.C2H6/c1-5-18-35(19-6-2)32(36)17-20-38-33(37)31-16-15-29(39-31)11-8-12-30-25(4)13-14-27(30)10-7-9-26-21-24(3)22-28(34)23-26;1-2/h7,10,15-16,21-23,27,30H,4-6,8-9,11-14,17-20H2,1-3H3;1-2H3/t27?,30-;/m0./s1. The van der Waals surface area contributed by atoms with Gasteiger partial charge in [-0.2, -0.15) is 0 Å². The highest BCUT2D eigenvalue weighted by Gasteiger charge is 2.28. The van der Waals surface area contributed by atoms with Gasteiger partial charge in [0.25, 0.3) is 0 Å². The van der Waals surface area contributed by atoms with Crippen LogP contribution in [0.2, 0.25) is 5.02 Å². The number of aryl methyl sites for hydroxylation is 2. The molecule has 1 unspecified atom stereocenters. The Kier molecular flexibility index (Phi) is 16.1. The fraction of sp³-hybridized carbons (Fsp3) is 0.543. The van der Waals surface area contributed by atoms with Gasteiger partial charge in [-0.3, -0.25) is 4.79 Å². The van der Waals surface area contributed by atoms with Crippen LogP contribution in [0.25, 0.3) is 0 Å². The van der Waals surface area contributed by atoms with Gasteiger partial charge in [0.05, 0.1) is 6.42 Å². The van der Waals surface area contributed by atoms with Gasteiger partial charge < -0.3 is 9.64 Å². The van der Waals surface area contributed by atoms with Crippen molar-refractivity contribution in [1.29, 1.82) is 0 Å². The summed E-state index contributed by atoms with van der Waals surface area (Å²) >= 11 is 7.72. The zero-order chi connectivity index (χ0) is 30.2. The zero-order valence-electron chi connectivity index (χ0n) is 25.8. The van der Waals surface area contributed by atoms with Crippen LogP contribution in [-0.4, -0.2) is 36.5 Å². The minimum atomic E-state index is -0.333. The van der Waals surface area contributed by atoms with Crippen molar-refractivity contribution in [1.82, 2.24) is 4.90 Å². The van der Waals surface area contributed by atoms with Gasteiger partial charge in [0, 0.05) is 23.0 Å². The molecule has 6 heteroatoms. The van der Waals surface area contributed by atoms with Crippen LogP contribution in [0.4, 0.5) is 0 Å². The molecule has 1 fully saturated rings. The predicted octanol–water partition coefficient (Wildman–Crippen LogP) is 9.64. The van der Waals surface area contributed by atoms with Crippen LogP contribution < -0.4 is 0 Å². The van der Waals surface area contributed by atoms with Gasteiger partial charge >= 0.3 is 5.97 Å². The summed E-state index contributed by atoms with van der Waals surface area (Å²) in [5, 5.41) is 0.798. The monoisotopic (exact) mass is 599 g/mol. The van der Waals surface area contributed by atoms with E-state index in [1.54, 1.807) is 0 Å². The third kappa shape index (κ3) is 11.8. The molecular weight excluding hydrogens is 550 g/mol. The fourth-order valence-electron chi connectivity index (χ4n) is 5.48. The largest absolute Gasteiger partial charge is 0.461 e. The van der Waals surface area contributed by atoms with Gasteiger partial charge in [0.2, 0.25) is 5.91 Å². The van der Waals surface area contributed by atoms with E-state index in [0.717, 1.165) is 63.1 Å². The van der Waals surface area contributed by atoms with E-state index in [2.05, 4.69) is 45.6 Å². The van der Waals surface area contributed by atoms with E-state index in [0.29, 0.717) is 16.7 Å². The first-order valence-electron chi connectivity index (χ1n) is 15.4. The Bertz CT molecular complexity index is 1110. The van der Waals surface area contributed by atoms with Gasteiger partial charge in [-0.25, -0.2) is 4.79 Å². The van der Waals surface area contributed by atoms with Crippen molar-refractivity contribution in [2.45, 2.75) is 92.4 Å². The van der Waals surface area contributed by atoms with Crippen molar-refractivity contribution in [3.05, 3.63) is 80.5 Å². The molecule has 1 amide bonds. The van der Waals surface area contributed by atoms with Crippen molar-refractivity contribution in [2.24, 2.45) is 11.8 Å². The summed E-state index contributed by atoms with van der Waals surface area (Å²) in [7, 11) is 0. The van der Waals surface area contributed by atoms with Crippen LogP contribution in [0.15, 0.2) is 54.6 Å². The number of ether oxygens (including phenoxy) is 1. The Morgan fingerprint density at radius 1 is 1.15 bits per heavy atom. The number of hydrogen-bond acceptors (Lipinski definition) is 4. The van der Waals surface area contributed by atoms with Crippen molar-refractivity contribution < 1.29 is 14.3 Å². The summed E-state index contributed by atoms with van der Waals surface area (Å²) in [6.07, 6.45) is 13.1. The van der Waals surface area contributed by atoms with E-state index in [9.17, 15) is 9.59 Å². The van der Waals surface area contributed by atoms with Gasteiger partial charge in [0.15, 0.2) is 0 Å². The number of allylic oxidation sites excluding steroid dienone is 3. The van der Waals surface area contributed by atoms with Crippen LogP contribution in [0.3, 0.4) is 0 Å². The molecule has 1 aliphatic rings. The quantitative estimate of drug-likeness (QED) is 0.151. The highest BCUT2D eigenvalue weighted by Crippen LogP contribution is 2.40. The normalized spacial score (nSPS) is 16.5. The number of halogens is 1. The van der Waals surface area contributed by atoms with E-state index in [1.165, 1.54) is 39.3 Å². The molecule has 0 spiro atoms. The van der Waals surface area contributed by atoms with Crippen LogP contribution in [0.1, 0.15) is 98.3 Å². The Labute approximate surface area is 257 Å². The first kappa shape index (κ1) is 34.8. The Hall–Kier alpha value is -2.37. The minimum absolute atomic E-state index is 0.0552. The number of esters is 1. The summed E-state index contributed by atoms with van der Waals surface area (Å²) in [5.41, 5.74) is 3.81. The molecule has 0 radical (unpaired) electrons. The highest BCUT2D eigenvalue weighted by molar-refractivity contribution is 7.13. The van der Waals surface area contributed by atoms with E-state index in [1.807, 2.05) is 43.0 Å². The molecule has 0 N–H and O–H groups in total. The molecule has 4 nitrogen and oxygen atoms in total. The minimum Gasteiger partial charge on any atom is -0.461 e. The summed E-state index contributed by atoms with van der Waals surface area (Å²) in [6.45, 7) is 16.2. The van der Waals surface area contributed by atoms with Crippen molar-refractivity contribution in [3.63, 3.8) is 0 Å². The second kappa shape index (κ2) is 18.9. The molecule has 0 saturated heterocycles. The van der Waals surface area contributed by atoms with E-state index in [4.69, 9.17) is 16.3 Å². The summed E-state index contributed by atoms with van der Waals surface area (Å²) in [4.78, 5) is 28.6. The summed E-state index contributed by atoms with van der Waals surface area (Å²) < 4.78 is 5.41. The number of thiophene rings is 1. The van der Waals surface area contributed by atoms with Crippen LogP contribution in [0.5, 0.6) is 0 Å². The lowest BCUT2D eigenvalue weighted by molar-refractivity contribution is -0.132. The van der Waals surface area contributed by atoms with Gasteiger partial charge in [-0.1, -0.05) is 69.7 Å². The average Bonchev–Trinajstić information content (AvgIpc) is 3.56. The van der Waals surface area contributed by atoms with Crippen molar-refractivity contribution >= 4 is 34.8 Å². The maximum absolute atomic E-state index is 12.5. The molecule has 3 rings (SSSR count). The third-order valence-electron chi connectivity index (χ3n) is 7.37. The maximum atomic E-state index is 12.5. The number of carbonyl (C=O) groups is 2. The first-order chi connectivity index (χ1) is 19.8. The molecule has 0 bridgehead atoms. The number of rotatable bonds is 15. The van der Waals surface area contributed by atoms with Gasteiger partial charge in [0.1, 0.15) is 11.5 Å². The van der Waals surface area contributed by atoms with E-state index in [-0.39, 0.29) is 24.9 Å². The van der Waals surface area contributed by atoms with Crippen molar-refractivity contribution in [2.75, 3.05) is 19.7 Å². The van der Waals surface area contributed by atoms with Gasteiger partial charge in [-0.05, 0) is 106 Å². The molecular formula is C35H50ClNO3S. The molecule has 226 valence electrons. The topological polar surface area (TPSA) is 46.6 Å². The fourth-order valence-corrected chi connectivity index (χ4v) is 6.73. The molecule has 1 heterocycles. The number of carbonyl (C=O) groups excluding carboxylic acids is 2. The van der Waals surface area contributed by atoms with Crippen LogP contribution in [0, 0.1) is 18.8 Å². The number of benzene rings is 1. The molecule has 41 heavy (non-hydrogen) atoms. The second-order valence-electron chi connectivity index (χ2n) is 10.7. The number of hydrogen-bond donors (Lipinski definition) is 0. The maximum Gasteiger partial charge on any atom is 0.348 e. The lowest BCUT2D eigenvalue weighted by Gasteiger charge is -2.21. The Morgan fingerprint density at radius 2 is 1.88 bits per heavy atom. The van der Waals surface area contributed by atoms with Crippen molar-refractivity contribution in [3.8, 4) is 0 Å². The smallest absolute Gasteiger partial charge is 0.348 e. The molecule has 2 atom stereocenters. The Balaban J connectivity index is 0.00000287.